The van der Waals surface area contributed by atoms with Gasteiger partial charge in [-0.3, -0.25) is 0 Å². The summed E-state index contributed by atoms with van der Waals surface area (Å²) < 4.78 is 23.9. The molecule has 0 bridgehead atoms. The molecule has 2 N–H and O–H groups in total. The Labute approximate surface area is 99.9 Å². The van der Waals surface area contributed by atoms with E-state index < -0.39 is 10.0 Å². The molecule has 92 valence electrons. The summed E-state index contributed by atoms with van der Waals surface area (Å²) in [6.45, 7) is 0.876. The lowest BCUT2D eigenvalue weighted by Crippen LogP contribution is -2.24. The van der Waals surface area contributed by atoms with Crippen LogP contribution in [0.2, 0.25) is 0 Å². The molecule has 0 amide bonds. The fourth-order valence-electron chi connectivity index (χ4n) is 1.05. The molecule has 1 heterocycles. The highest BCUT2D eigenvalue weighted by Gasteiger charge is 2.00. The molecule has 0 spiro atoms. The molecule has 0 saturated heterocycles. The molecule has 0 aromatic carbocycles. The predicted octanol–water partition coefficient (Wildman–Crippen LogP) is -0.301. The number of anilines is 1. The third-order valence-electron chi connectivity index (χ3n) is 1.77. The summed E-state index contributed by atoms with van der Waals surface area (Å²) in [4.78, 5) is 7.84. The summed E-state index contributed by atoms with van der Waals surface area (Å²) in [5.74, 6) is 0.364. The van der Waals surface area contributed by atoms with Crippen molar-refractivity contribution in [1.29, 1.82) is 5.26 Å². The van der Waals surface area contributed by atoms with E-state index in [0.717, 1.165) is 6.26 Å². The molecule has 8 heteroatoms. The molecule has 0 aliphatic rings. The third kappa shape index (κ3) is 5.79. The smallest absolute Gasteiger partial charge is 0.223 e. The third-order valence-corrected chi connectivity index (χ3v) is 2.50. The lowest BCUT2D eigenvalue weighted by molar-refractivity contribution is 0.586. The zero-order chi connectivity index (χ0) is 12.7. The second-order valence-electron chi connectivity index (χ2n) is 3.32. The van der Waals surface area contributed by atoms with Crippen LogP contribution < -0.4 is 10.0 Å². The molecule has 17 heavy (non-hydrogen) atoms. The predicted molar refractivity (Wildman–Crippen MR) is 62.7 cm³/mol. The Kier molecular flexibility index (Phi) is 4.81. The van der Waals surface area contributed by atoms with Crippen molar-refractivity contribution >= 4 is 16.0 Å². The number of nitrogens with one attached hydrogen (secondary N) is 2. The van der Waals surface area contributed by atoms with Crippen LogP contribution in [-0.2, 0) is 10.0 Å². The van der Waals surface area contributed by atoms with Crippen LogP contribution in [0.4, 0.5) is 5.95 Å². The fourth-order valence-corrected chi connectivity index (χ4v) is 1.57. The Morgan fingerprint density at radius 3 is 2.88 bits per heavy atom. The van der Waals surface area contributed by atoms with E-state index in [1.54, 1.807) is 0 Å². The Hall–Kier alpha value is -1.72. The van der Waals surface area contributed by atoms with Crippen molar-refractivity contribution in [2.45, 2.75) is 6.42 Å². The summed E-state index contributed by atoms with van der Waals surface area (Å²) in [6, 6.07) is 3.42. The molecule has 0 radical (unpaired) electrons. The van der Waals surface area contributed by atoms with Crippen molar-refractivity contribution in [3.8, 4) is 6.07 Å². The van der Waals surface area contributed by atoms with E-state index in [2.05, 4.69) is 20.0 Å². The van der Waals surface area contributed by atoms with Crippen molar-refractivity contribution in [2.75, 3.05) is 24.7 Å². The molecule has 0 fully saturated rings. The van der Waals surface area contributed by atoms with Gasteiger partial charge in [-0.05, 0) is 12.5 Å². The number of hydrogen-bond acceptors (Lipinski definition) is 6. The van der Waals surface area contributed by atoms with Crippen LogP contribution >= 0.6 is 0 Å². The first-order valence-electron chi connectivity index (χ1n) is 4.93. The maximum Gasteiger partial charge on any atom is 0.223 e. The van der Waals surface area contributed by atoms with Crippen LogP contribution in [0.25, 0.3) is 0 Å². The van der Waals surface area contributed by atoms with Crippen LogP contribution in [0.3, 0.4) is 0 Å². The van der Waals surface area contributed by atoms with Crippen molar-refractivity contribution in [3.63, 3.8) is 0 Å². The number of nitriles is 1. The SMILES string of the molecule is CS(=O)(=O)NCCCNc1nccc(C#N)n1. The van der Waals surface area contributed by atoms with Gasteiger partial charge in [0.25, 0.3) is 0 Å². The van der Waals surface area contributed by atoms with Gasteiger partial charge in [-0.1, -0.05) is 0 Å². The first kappa shape index (κ1) is 13.3. The first-order chi connectivity index (χ1) is 8.01. The molecule has 7 nitrogen and oxygen atoms in total. The molecular formula is C9H13N5O2S. The molecular weight excluding hydrogens is 242 g/mol. The standard InChI is InChI=1S/C9H13N5O2S/c1-17(15,16)13-5-2-4-11-9-12-6-3-8(7-10)14-9/h3,6,13H,2,4-5H2,1H3,(H,11,12,14). The Balaban J connectivity index is 2.29. The van der Waals surface area contributed by atoms with Crippen LogP contribution in [0.15, 0.2) is 12.3 Å². The highest BCUT2D eigenvalue weighted by molar-refractivity contribution is 7.88. The molecule has 0 aliphatic carbocycles. The molecule has 0 saturated carbocycles. The Morgan fingerprint density at radius 2 is 2.24 bits per heavy atom. The summed E-state index contributed by atoms with van der Waals surface area (Å²) in [5.41, 5.74) is 0.289. The zero-order valence-corrected chi connectivity index (χ0v) is 10.2. The number of sulfonamides is 1. The van der Waals surface area contributed by atoms with Gasteiger partial charge in [0.2, 0.25) is 16.0 Å². The normalized spacial score (nSPS) is 10.8. The van der Waals surface area contributed by atoms with E-state index in [9.17, 15) is 8.42 Å². The first-order valence-corrected chi connectivity index (χ1v) is 6.82. The Morgan fingerprint density at radius 1 is 1.47 bits per heavy atom. The van der Waals surface area contributed by atoms with Crippen LogP contribution in [-0.4, -0.2) is 37.7 Å². The van der Waals surface area contributed by atoms with Gasteiger partial charge in [0.05, 0.1) is 6.26 Å². The van der Waals surface area contributed by atoms with E-state index in [1.807, 2.05) is 6.07 Å². The number of rotatable bonds is 6. The second kappa shape index (κ2) is 6.12. The van der Waals surface area contributed by atoms with Gasteiger partial charge in [0, 0.05) is 19.3 Å². The van der Waals surface area contributed by atoms with Gasteiger partial charge in [0.15, 0.2) is 0 Å². The van der Waals surface area contributed by atoms with Crippen LogP contribution in [0.1, 0.15) is 12.1 Å². The summed E-state index contributed by atoms with van der Waals surface area (Å²) in [6.07, 6.45) is 3.20. The number of aromatic nitrogens is 2. The van der Waals surface area contributed by atoms with Gasteiger partial charge in [0.1, 0.15) is 11.8 Å². The number of hydrogen-bond donors (Lipinski definition) is 2. The minimum Gasteiger partial charge on any atom is -0.354 e. The Bertz CT molecular complexity index is 508. The quantitative estimate of drug-likeness (QED) is 0.676. The summed E-state index contributed by atoms with van der Waals surface area (Å²) in [5, 5.41) is 11.5. The maximum atomic E-state index is 10.8. The van der Waals surface area contributed by atoms with Gasteiger partial charge >= 0.3 is 0 Å². The van der Waals surface area contributed by atoms with Crippen LogP contribution in [0, 0.1) is 11.3 Å². The van der Waals surface area contributed by atoms with Gasteiger partial charge in [-0.25, -0.2) is 23.1 Å². The van der Waals surface area contributed by atoms with Crippen molar-refractivity contribution in [1.82, 2.24) is 14.7 Å². The van der Waals surface area contributed by atoms with Gasteiger partial charge in [-0.2, -0.15) is 5.26 Å². The minimum absolute atomic E-state index is 0.289. The van der Waals surface area contributed by atoms with Crippen molar-refractivity contribution in [3.05, 3.63) is 18.0 Å². The minimum atomic E-state index is -3.13. The van der Waals surface area contributed by atoms with E-state index in [4.69, 9.17) is 5.26 Å². The fraction of sp³-hybridized carbons (Fsp3) is 0.444. The van der Waals surface area contributed by atoms with E-state index >= 15 is 0 Å². The maximum absolute atomic E-state index is 10.8. The molecule has 0 atom stereocenters. The topological polar surface area (TPSA) is 108 Å². The molecule has 1 rings (SSSR count). The monoisotopic (exact) mass is 255 g/mol. The van der Waals surface area contributed by atoms with Crippen molar-refractivity contribution in [2.24, 2.45) is 0 Å². The molecule has 1 aromatic rings. The number of nitrogens with zero attached hydrogens (tertiary/aromatic N) is 3. The highest BCUT2D eigenvalue weighted by atomic mass is 32.2. The molecule has 0 unspecified atom stereocenters. The second-order valence-corrected chi connectivity index (χ2v) is 5.16. The molecule has 1 aromatic heterocycles. The largest absolute Gasteiger partial charge is 0.354 e. The zero-order valence-electron chi connectivity index (χ0n) is 9.34. The van der Waals surface area contributed by atoms with E-state index in [-0.39, 0.29) is 5.69 Å². The average Bonchev–Trinajstić information content (AvgIpc) is 2.27. The average molecular weight is 255 g/mol. The van der Waals surface area contributed by atoms with E-state index in [1.165, 1.54) is 12.3 Å². The molecule has 0 aliphatic heterocycles. The lowest BCUT2D eigenvalue weighted by Gasteiger charge is -2.04. The van der Waals surface area contributed by atoms with Gasteiger partial charge < -0.3 is 5.32 Å². The van der Waals surface area contributed by atoms with Crippen LogP contribution in [0.5, 0.6) is 0 Å². The summed E-state index contributed by atoms with van der Waals surface area (Å²) in [7, 11) is -3.13. The van der Waals surface area contributed by atoms with E-state index in [0.29, 0.717) is 25.5 Å². The van der Waals surface area contributed by atoms with Gasteiger partial charge in [-0.15, -0.1) is 0 Å². The lowest BCUT2D eigenvalue weighted by atomic mass is 10.4. The highest BCUT2D eigenvalue weighted by Crippen LogP contribution is 1.98. The van der Waals surface area contributed by atoms with Crippen molar-refractivity contribution < 1.29 is 8.42 Å². The summed E-state index contributed by atoms with van der Waals surface area (Å²) >= 11 is 0.